The van der Waals surface area contributed by atoms with Crippen molar-refractivity contribution in [1.29, 1.82) is 0 Å². The molecule has 4 nitrogen and oxygen atoms in total. The lowest BCUT2D eigenvalue weighted by Crippen LogP contribution is -2.42. The van der Waals surface area contributed by atoms with Gasteiger partial charge < -0.3 is 15.4 Å². The molecule has 0 spiro atoms. The van der Waals surface area contributed by atoms with Gasteiger partial charge in [0.05, 0.1) is 13.2 Å². The molecule has 1 fully saturated rings. The number of hydrogen-bond donors (Lipinski definition) is 1. The minimum absolute atomic E-state index is 0. The van der Waals surface area contributed by atoms with Gasteiger partial charge in [-0.25, -0.2) is 4.39 Å². The molecule has 1 aliphatic rings. The number of morpholine rings is 1. The lowest BCUT2D eigenvalue weighted by atomic mass is 10.1. The van der Waals surface area contributed by atoms with Gasteiger partial charge in [-0.15, -0.1) is 12.4 Å². The third-order valence-corrected chi connectivity index (χ3v) is 4.04. The van der Waals surface area contributed by atoms with E-state index >= 15 is 0 Å². The van der Waals surface area contributed by atoms with Crippen LogP contribution in [0.15, 0.2) is 48.5 Å². The number of amides is 1. The molecule has 1 aliphatic heterocycles. The van der Waals surface area contributed by atoms with Crippen LogP contribution in [0, 0.1) is 5.82 Å². The van der Waals surface area contributed by atoms with Crippen molar-refractivity contribution in [3.8, 4) is 0 Å². The maximum Gasteiger partial charge on any atom is 0.254 e. The number of halogens is 2. The zero-order valence-corrected chi connectivity index (χ0v) is 14.0. The Morgan fingerprint density at radius 3 is 2.58 bits per heavy atom. The van der Waals surface area contributed by atoms with Crippen molar-refractivity contribution in [3.05, 3.63) is 71.0 Å². The first-order valence-corrected chi connectivity index (χ1v) is 7.63. The third kappa shape index (κ3) is 3.93. The Bertz CT molecular complexity index is 694. The Morgan fingerprint density at radius 1 is 1.21 bits per heavy atom. The Balaban J connectivity index is 0.00000208. The van der Waals surface area contributed by atoms with Crippen molar-refractivity contribution in [2.45, 2.75) is 12.6 Å². The molecule has 1 atom stereocenters. The first-order valence-electron chi connectivity index (χ1n) is 7.63. The van der Waals surface area contributed by atoms with Gasteiger partial charge in [0.25, 0.3) is 5.91 Å². The van der Waals surface area contributed by atoms with Gasteiger partial charge in [-0.05, 0) is 23.8 Å². The van der Waals surface area contributed by atoms with E-state index in [1.54, 1.807) is 35.2 Å². The predicted octanol–water partition coefficient (Wildman–Crippen LogP) is 2.92. The van der Waals surface area contributed by atoms with Crippen molar-refractivity contribution >= 4 is 18.3 Å². The zero-order valence-electron chi connectivity index (χ0n) is 13.2. The van der Waals surface area contributed by atoms with Crippen molar-refractivity contribution in [2.75, 3.05) is 19.7 Å². The summed E-state index contributed by atoms with van der Waals surface area (Å²) in [5, 5.41) is 0. The van der Waals surface area contributed by atoms with E-state index in [4.69, 9.17) is 10.5 Å². The van der Waals surface area contributed by atoms with Gasteiger partial charge in [0, 0.05) is 24.2 Å². The maximum atomic E-state index is 13.9. The summed E-state index contributed by atoms with van der Waals surface area (Å²) >= 11 is 0. The number of carbonyl (C=O) groups is 1. The average Bonchev–Trinajstić information content (AvgIpc) is 2.62. The molecule has 0 radical (unpaired) electrons. The molecule has 24 heavy (non-hydrogen) atoms. The van der Waals surface area contributed by atoms with Gasteiger partial charge in [0.15, 0.2) is 0 Å². The van der Waals surface area contributed by atoms with E-state index in [1.807, 2.05) is 12.1 Å². The third-order valence-electron chi connectivity index (χ3n) is 4.04. The summed E-state index contributed by atoms with van der Waals surface area (Å²) < 4.78 is 19.6. The number of rotatable bonds is 3. The lowest BCUT2D eigenvalue weighted by Gasteiger charge is -2.33. The Kier molecular flexibility index (Phi) is 6.31. The molecule has 1 unspecified atom stereocenters. The molecule has 2 aromatic rings. The molecule has 2 N–H and O–H groups in total. The molecule has 0 aromatic heterocycles. The summed E-state index contributed by atoms with van der Waals surface area (Å²) in [6.45, 7) is 1.69. The molecule has 1 amide bonds. The normalized spacial score (nSPS) is 17.2. The minimum Gasteiger partial charge on any atom is -0.370 e. The number of nitrogens with two attached hydrogens (primary N) is 1. The van der Waals surface area contributed by atoms with Gasteiger partial charge in [-0.2, -0.15) is 0 Å². The summed E-state index contributed by atoms with van der Waals surface area (Å²) in [5.41, 5.74) is 7.64. The Labute approximate surface area is 146 Å². The van der Waals surface area contributed by atoms with Gasteiger partial charge >= 0.3 is 0 Å². The van der Waals surface area contributed by atoms with Gasteiger partial charge in [-0.3, -0.25) is 4.79 Å². The predicted molar refractivity (Wildman–Crippen MR) is 92.6 cm³/mol. The monoisotopic (exact) mass is 350 g/mol. The van der Waals surface area contributed by atoms with Crippen molar-refractivity contribution in [3.63, 3.8) is 0 Å². The van der Waals surface area contributed by atoms with Crippen LogP contribution in [0.3, 0.4) is 0 Å². The van der Waals surface area contributed by atoms with Crippen LogP contribution in [0.1, 0.15) is 27.6 Å². The van der Waals surface area contributed by atoms with Crippen molar-refractivity contribution in [1.82, 2.24) is 4.90 Å². The fourth-order valence-corrected chi connectivity index (χ4v) is 2.72. The second kappa shape index (κ2) is 8.24. The quantitative estimate of drug-likeness (QED) is 0.926. The van der Waals surface area contributed by atoms with E-state index in [1.165, 1.54) is 6.07 Å². The second-order valence-electron chi connectivity index (χ2n) is 5.53. The fraction of sp³-hybridized carbons (Fsp3) is 0.278. The van der Waals surface area contributed by atoms with Crippen LogP contribution in [-0.2, 0) is 11.3 Å². The number of carbonyl (C=O) groups excluding carboxylic acids is 1. The number of ether oxygens (including phenoxy) is 1. The highest BCUT2D eigenvalue weighted by molar-refractivity contribution is 5.94. The molecule has 0 saturated carbocycles. The number of hydrogen-bond acceptors (Lipinski definition) is 3. The topological polar surface area (TPSA) is 55.6 Å². The van der Waals surface area contributed by atoms with Crippen LogP contribution in [0.5, 0.6) is 0 Å². The standard InChI is InChI=1S/C18H19FN2O2.ClH/c19-16-4-2-1-3-15(16)17-12-21(9-10-23-17)18(22)14-7-5-13(11-20)6-8-14;/h1-8,17H,9-12,20H2;1H. The largest absolute Gasteiger partial charge is 0.370 e. The summed E-state index contributed by atoms with van der Waals surface area (Å²) in [7, 11) is 0. The van der Waals surface area contributed by atoms with Crippen LogP contribution >= 0.6 is 12.4 Å². The summed E-state index contributed by atoms with van der Waals surface area (Å²) in [5.74, 6) is -0.377. The first kappa shape index (κ1) is 18.4. The molecule has 1 saturated heterocycles. The molecule has 0 bridgehead atoms. The summed E-state index contributed by atoms with van der Waals surface area (Å²) in [6, 6.07) is 13.8. The van der Waals surface area contributed by atoms with Gasteiger partial charge in [0.2, 0.25) is 0 Å². The van der Waals surface area contributed by atoms with Crippen LogP contribution in [-0.4, -0.2) is 30.5 Å². The summed E-state index contributed by atoms with van der Waals surface area (Å²) in [6.07, 6.45) is -0.433. The van der Waals surface area contributed by atoms with E-state index < -0.39 is 6.10 Å². The molecular formula is C18H20ClFN2O2. The van der Waals surface area contributed by atoms with Crippen LogP contribution in [0.2, 0.25) is 0 Å². The second-order valence-corrected chi connectivity index (χ2v) is 5.53. The molecule has 2 aromatic carbocycles. The highest BCUT2D eigenvalue weighted by atomic mass is 35.5. The molecule has 3 rings (SSSR count). The highest BCUT2D eigenvalue weighted by Crippen LogP contribution is 2.25. The highest BCUT2D eigenvalue weighted by Gasteiger charge is 2.27. The molecule has 0 aliphatic carbocycles. The first-order chi connectivity index (χ1) is 11.2. The van der Waals surface area contributed by atoms with E-state index in [2.05, 4.69) is 0 Å². The average molecular weight is 351 g/mol. The van der Waals surface area contributed by atoms with Crippen molar-refractivity contribution in [2.24, 2.45) is 5.73 Å². The molecule has 1 heterocycles. The van der Waals surface area contributed by atoms with E-state index in [0.717, 1.165) is 5.56 Å². The Morgan fingerprint density at radius 2 is 1.92 bits per heavy atom. The smallest absolute Gasteiger partial charge is 0.254 e. The number of nitrogens with zero attached hydrogens (tertiary/aromatic N) is 1. The van der Waals surface area contributed by atoms with E-state index in [9.17, 15) is 9.18 Å². The maximum absolute atomic E-state index is 13.9. The minimum atomic E-state index is -0.433. The van der Waals surface area contributed by atoms with Gasteiger partial charge in [-0.1, -0.05) is 30.3 Å². The van der Waals surface area contributed by atoms with E-state index in [-0.39, 0.29) is 24.1 Å². The lowest BCUT2D eigenvalue weighted by molar-refractivity contribution is -0.0243. The SMILES string of the molecule is Cl.NCc1ccc(C(=O)N2CCOC(c3ccccc3F)C2)cc1. The van der Waals surface area contributed by atoms with Crippen LogP contribution in [0.4, 0.5) is 4.39 Å². The molecule has 128 valence electrons. The molecule has 6 heteroatoms. The number of benzene rings is 2. The molecular weight excluding hydrogens is 331 g/mol. The van der Waals surface area contributed by atoms with Crippen LogP contribution < -0.4 is 5.73 Å². The van der Waals surface area contributed by atoms with E-state index in [0.29, 0.717) is 37.4 Å². The van der Waals surface area contributed by atoms with Gasteiger partial charge in [0.1, 0.15) is 11.9 Å². The Hall–Kier alpha value is -1.95. The van der Waals surface area contributed by atoms with Crippen molar-refractivity contribution < 1.29 is 13.9 Å². The zero-order chi connectivity index (χ0) is 16.2. The summed E-state index contributed by atoms with van der Waals surface area (Å²) in [4.78, 5) is 14.3. The fourth-order valence-electron chi connectivity index (χ4n) is 2.72. The van der Waals surface area contributed by atoms with Crippen LogP contribution in [0.25, 0.3) is 0 Å².